The predicted octanol–water partition coefficient (Wildman–Crippen LogP) is 4.70. The minimum Gasteiger partial charge on any atom is -0.416 e. The van der Waals surface area contributed by atoms with Crippen LogP contribution in [0.2, 0.25) is 0 Å². The lowest BCUT2D eigenvalue weighted by Gasteiger charge is -2.42. The third kappa shape index (κ3) is 4.87. The molecule has 0 bridgehead atoms. The van der Waals surface area contributed by atoms with Crippen molar-refractivity contribution in [1.29, 1.82) is 0 Å². The molecule has 11 heteroatoms. The van der Waals surface area contributed by atoms with Gasteiger partial charge in [-0.15, -0.1) is 10.2 Å². The average molecular weight is 471 g/mol. The Morgan fingerprint density at radius 2 is 1.94 bits per heavy atom. The Kier molecular flexibility index (Phi) is 6.69. The Morgan fingerprint density at radius 3 is 2.64 bits per heavy atom. The molecule has 2 aliphatic rings. The van der Waals surface area contributed by atoms with Crippen LogP contribution in [0.5, 0.6) is 5.88 Å². The molecule has 0 radical (unpaired) electrons. The van der Waals surface area contributed by atoms with E-state index < -0.39 is 24.4 Å². The van der Waals surface area contributed by atoms with E-state index in [2.05, 4.69) is 36.6 Å². The fraction of sp³-hybridized carbons (Fsp3) is 0.591. The number of fused-ring (bicyclic) bond motifs is 1. The van der Waals surface area contributed by atoms with Crippen LogP contribution in [-0.2, 0) is 12.6 Å². The second-order valence-electron chi connectivity index (χ2n) is 8.39. The highest BCUT2D eigenvalue weighted by molar-refractivity contribution is 5.71. The van der Waals surface area contributed by atoms with Crippen molar-refractivity contribution in [2.75, 3.05) is 31.1 Å². The second kappa shape index (κ2) is 9.36. The maximum atomic E-state index is 13.1. The first-order valence-electron chi connectivity index (χ1n) is 11.1. The van der Waals surface area contributed by atoms with Crippen molar-refractivity contribution in [3.05, 3.63) is 29.0 Å². The van der Waals surface area contributed by atoms with Crippen LogP contribution in [0.4, 0.5) is 27.8 Å². The molecule has 0 saturated carbocycles. The number of anilines is 1. The third-order valence-electron chi connectivity index (χ3n) is 6.40. The summed E-state index contributed by atoms with van der Waals surface area (Å²) in [5.74, 6) is -0.0441. The summed E-state index contributed by atoms with van der Waals surface area (Å²) >= 11 is 0. The Hall–Kier alpha value is -2.56. The second-order valence-corrected chi connectivity index (χ2v) is 8.39. The minimum absolute atomic E-state index is 0.0388. The SMILES string of the molecule is CCN1CCC[C@@H](N2CCCc3c2nnc(-c2ccc(C(F)(F)F)nc2OC(F)F)c3C)C1. The summed E-state index contributed by atoms with van der Waals surface area (Å²) in [5, 5.41) is 8.67. The first-order valence-corrected chi connectivity index (χ1v) is 11.1. The summed E-state index contributed by atoms with van der Waals surface area (Å²) in [6.07, 6.45) is -1.02. The van der Waals surface area contributed by atoms with Crippen LogP contribution in [0.15, 0.2) is 12.1 Å². The Morgan fingerprint density at radius 1 is 1.15 bits per heavy atom. The van der Waals surface area contributed by atoms with Gasteiger partial charge in [-0.05, 0) is 63.4 Å². The van der Waals surface area contributed by atoms with Gasteiger partial charge in [0.05, 0.1) is 5.56 Å². The molecule has 0 aromatic carbocycles. The number of rotatable bonds is 5. The number of piperidine rings is 1. The Labute approximate surface area is 188 Å². The fourth-order valence-corrected chi connectivity index (χ4v) is 4.74. The van der Waals surface area contributed by atoms with Gasteiger partial charge < -0.3 is 14.5 Å². The number of alkyl halides is 5. The fourth-order valence-electron chi connectivity index (χ4n) is 4.74. The van der Waals surface area contributed by atoms with Crippen LogP contribution in [-0.4, -0.2) is 58.9 Å². The predicted molar refractivity (Wildman–Crippen MR) is 112 cm³/mol. The van der Waals surface area contributed by atoms with Gasteiger partial charge in [0.15, 0.2) is 5.82 Å². The van der Waals surface area contributed by atoms with Crippen molar-refractivity contribution < 1.29 is 26.7 Å². The molecule has 0 unspecified atom stereocenters. The molecule has 33 heavy (non-hydrogen) atoms. The molecule has 0 amide bonds. The molecule has 4 heterocycles. The number of nitrogens with zero attached hydrogens (tertiary/aromatic N) is 5. The summed E-state index contributed by atoms with van der Waals surface area (Å²) in [5.41, 5.74) is 0.472. The molecule has 1 saturated heterocycles. The van der Waals surface area contributed by atoms with Crippen molar-refractivity contribution in [1.82, 2.24) is 20.1 Å². The zero-order valence-electron chi connectivity index (χ0n) is 18.5. The summed E-state index contributed by atoms with van der Waals surface area (Å²) in [4.78, 5) is 7.98. The first kappa shape index (κ1) is 23.6. The van der Waals surface area contributed by atoms with Crippen LogP contribution in [0.3, 0.4) is 0 Å². The van der Waals surface area contributed by atoms with Gasteiger partial charge in [-0.2, -0.15) is 22.0 Å². The quantitative estimate of drug-likeness (QED) is 0.589. The van der Waals surface area contributed by atoms with E-state index in [1.807, 2.05) is 0 Å². The normalized spacial score (nSPS) is 19.6. The van der Waals surface area contributed by atoms with Crippen molar-refractivity contribution in [2.24, 2.45) is 0 Å². The number of likely N-dealkylation sites (tertiary alicyclic amines) is 1. The summed E-state index contributed by atoms with van der Waals surface area (Å²) in [7, 11) is 0. The van der Waals surface area contributed by atoms with Crippen LogP contribution in [0.1, 0.15) is 43.0 Å². The van der Waals surface area contributed by atoms with Gasteiger partial charge in [-0.1, -0.05) is 6.92 Å². The van der Waals surface area contributed by atoms with E-state index in [9.17, 15) is 22.0 Å². The lowest BCUT2D eigenvalue weighted by molar-refractivity contribution is -0.142. The van der Waals surface area contributed by atoms with Crippen molar-refractivity contribution in [3.63, 3.8) is 0 Å². The van der Waals surface area contributed by atoms with E-state index in [0.717, 1.165) is 75.4 Å². The van der Waals surface area contributed by atoms with Gasteiger partial charge in [0.25, 0.3) is 0 Å². The van der Waals surface area contributed by atoms with Gasteiger partial charge in [0.1, 0.15) is 11.4 Å². The minimum atomic E-state index is -4.79. The zero-order valence-corrected chi connectivity index (χ0v) is 18.5. The topological polar surface area (TPSA) is 54.4 Å². The van der Waals surface area contributed by atoms with Crippen LogP contribution < -0.4 is 9.64 Å². The van der Waals surface area contributed by atoms with E-state index >= 15 is 0 Å². The molecule has 2 aromatic heterocycles. The maximum Gasteiger partial charge on any atom is 0.433 e. The van der Waals surface area contributed by atoms with E-state index in [4.69, 9.17) is 0 Å². The van der Waals surface area contributed by atoms with Gasteiger partial charge >= 0.3 is 12.8 Å². The van der Waals surface area contributed by atoms with Crippen LogP contribution in [0.25, 0.3) is 11.3 Å². The molecule has 1 fully saturated rings. The van der Waals surface area contributed by atoms with Crippen LogP contribution >= 0.6 is 0 Å². The molecular formula is C22H26F5N5O. The molecule has 0 aliphatic carbocycles. The highest BCUT2D eigenvalue weighted by Crippen LogP contribution is 2.39. The smallest absolute Gasteiger partial charge is 0.416 e. The van der Waals surface area contributed by atoms with Gasteiger partial charge in [0.2, 0.25) is 5.88 Å². The van der Waals surface area contributed by atoms with Gasteiger partial charge in [0, 0.05) is 24.7 Å². The maximum absolute atomic E-state index is 13.1. The highest BCUT2D eigenvalue weighted by Gasteiger charge is 2.35. The van der Waals surface area contributed by atoms with Gasteiger partial charge in [-0.25, -0.2) is 4.98 Å². The number of ether oxygens (including phenoxy) is 1. The Balaban J connectivity index is 1.73. The van der Waals surface area contributed by atoms with Gasteiger partial charge in [-0.3, -0.25) is 0 Å². The molecular weight excluding hydrogens is 445 g/mol. The van der Waals surface area contributed by atoms with Crippen molar-refractivity contribution in [2.45, 2.75) is 58.4 Å². The molecule has 0 spiro atoms. The molecule has 6 nitrogen and oxygen atoms in total. The monoisotopic (exact) mass is 471 g/mol. The summed E-state index contributed by atoms with van der Waals surface area (Å²) in [6, 6.07) is 2.11. The Bertz CT molecular complexity index is 1000. The highest BCUT2D eigenvalue weighted by atomic mass is 19.4. The lowest BCUT2D eigenvalue weighted by Crippen LogP contribution is -2.50. The lowest BCUT2D eigenvalue weighted by atomic mass is 9.94. The van der Waals surface area contributed by atoms with E-state index in [-0.39, 0.29) is 11.3 Å². The largest absolute Gasteiger partial charge is 0.433 e. The standard InChI is InChI=1S/C22H26F5N5O/c1-3-31-10-4-6-14(12-31)32-11-5-7-15-13(2)18(29-30-19(15)32)16-8-9-17(22(25,26)27)28-20(16)33-21(23)24/h8-9,14,21H,3-7,10-12H2,1-2H3/t14-/m1/s1. The number of hydrogen-bond acceptors (Lipinski definition) is 6. The number of likely N-dealkylation sites (N-methyl/N-ethyl adjacent to an activating group) is 1. The van der Waals surface area contributed by atoms with Crippen molar-refractivity contribution >= 4 is 5.82 Å². The molecule has 2 aliphatic heterocycles. The van der Waals surface area contributed by atoms with E-state index in [1.165, 1.54) is 0 Å². The number of aromatic nitrogens is 3. The summed E-state index contributed by atoms with van der Waals surface area (Å²) in [6.45, 7) is 4.45. The molecule has 4 rings (SSSR count). The molecule has 2 aromatic rings. The van der Waals surface area contributed by atoms with E-state index in [1.54, 1.807) is 6.92 Å². The molecule has 1 atom stereocenters. The number of halogens is 5. The third-order valence-corrected chi connectivity index (χ3v) is 6.40. The van der Waals surface area contributed by atoms with Crippen molar-refractivity contribution in [3.8, 4) is 17.1 Å². The molecule has 180 valence electrons. The average Bonchev–Trinajstić information content (AvgIpc) is 2.78. The van der Waals surface area contributed by atoms with Crippen LogP contribution in [0, 0.1) is 6.92 Å². The number of pyridine rings is 1. The zero-order chi connectivity index (χ0) is 23.8. The first-order chi connectivity index (χ1) is 15.7. The summed E-state index contributed by atoms with van der Waals surface area (Å²) < 4.78 is 69.5. The number of hydrogen-bond donors (Lipinski definition) is 0. The van der Waals surface area contributed by atoms with E-state index in [0.29, 0.717) is 11.6 Å². The molecule has 0 N–H and O–H groups in total.